The summed E-state index contributed by atoms with van der Waals surface area (Å²) in [7, 11) is 0. The second-order valence-electron chi connectivity index (χ2n) is 14.2. The van der Waals surface area contributed by atoms with E-state index in [-0.39, 0.29) is 29.3 Å². The Balaban J connectivity index is 1.36. The van der Waals surface area contributed by atoms with Gasteiger partial charge in [-0.2, -0.15) is 0 Å². The summed E-state index contributed by atoms with van der Waals surface area (Å²) in [5.41, 5.74) is 1.09. The molecule has 0 heterocycles. The molecule has 3 saturated carbocycles. The fourth-order valence-corrected chi connectivity index (χ4v) is 8.58. The van der Waals surface area contributed by atoms with E-state index in [1.165, 1.54) is 5.57 Å². The molecule has 4 aliphatic carbocycles. The van der Waals surface area contributed by atoms with E-state index in [9.17, 15) is 24.6 Å². The molecule has 4 aliphatic rings. The fourth-order valence-electron chi connectivity index (χ4n) is 8.58. The van der Waals surface area contributed by atoms with Gasteiger partial charge in [0.1, 0.15) is 17.7 Å². The quantitative estimate of drug-likeness (QED) is 0.239. The van der Waals surface area contributed by atoms with Crippen LogP contribution in [0.2, 0.25) is 0 Å². The van der Waals surface area contributed by atoms with Gasteiger partial charge in [0, 0.05) is 5.41 Å². The average molecular weight is 584 g/mol. The Labute approximate surface area is 250 Å². The lowest BCUT2D eigenvalue weighted by Crippen LogP contribution is -2.55. The zero-order valence-electron chi connectivity index (χ0n) is 26.0. The second-order valence-corrected chi connectivity index (χ2v) is 14.2. The van der Waals surface area contributed by atoms with Gasteiger partial charge in [0.2, 0.25) is 5.91 Å². The molecule has 0 aromatic heterocycles. The minimum atomic E-state index is -1.12. The summed E-state index contributed by atoms with van der Waals surface area (Å²) in [6, 6.07) is -1.93. The van der Waals surface area contributed by atoms with Gasteiger partial charge in [-0.05, 0) is 92.4 Å². The molecular formula is C33H49N3O6. The minimum absolute atomic E-state index is 0.0825. The van der Waals surface area contributed by atoms with Gasteiger partial charge in [-0.3, -0.25) is 9.59 Å². The third kappa shape index (κ3) is 5.71. The molecule has 2 amide bonds. The Morgan fingerprint density at radius 1 is 1.02 bits per heavy atom. The molecule has 9 heteroatoms. The van der Waals surface area contributed by atoms with E-state index < -0.39 is 35.5 Å². The molecule has 4 N–H and O–H groups in total. The topological polar surface area (TPSA) is 137 Å². The van der Waals surface area contributed by atoms with Gasteiger partial charge in [-0.25, -0.2) is 4.79 Å². The van der Waals surface area contributed by atoms with Crippen LogP contribution in [-0.4, -0.2) is 58.0 Å². The van der Waals surface area contributed by atoms with E-state index in [1.807, 2.05) is 0 Å². The number of nitrogens with one attached hydrogen (secondary N) is 2. The van der Waals surface area contributed by atoms with Crippen LogP contribution in [0.4, 0.5) is 0 Å². The summed E-state index contributed by atoms with van der Waals surface area (Å²) in [5.74, 6) is 1.62. The minimum Gasteiger partial charge on any atom is -0.480 e. The van der Waals surface area contributed by atoms with Crippen molar-refractivity contribution in [3.05, 3.63) is 11.6 Å². The highest BCUT2D eigenvalue weighted by atomic mass is 16.6. The molecule has 9 nitrogen and oxygen atoms in total. The Kier molecular flexibility index (Phi) is 9.18. The maximum atomic E-state index is 12.8. The van der Waals surface area contributed by atoms with E-state index in [0.29, 0.717) is 24.2 Å². The molecule has 0 unspecified atom stereocenters. The number of allylic oxidation sites excluding steroid dienone is 2. The summed E-state index contributed by atoms with van der Waals surface area (Å²) in [6.45, 7) is 11.3. The van der Waals surface area contributed by atoms with Crippen LogP contribution >= 0.6 is 0 Å². The van der Waals surface area contributed by atoms with Crippen LogP contribution in [0.3, 0.4) is 0 Å². The number of terminal acetylenes is 1. The number of aliphatic carboxylic acids is 1. The zero-order valence-corrected chi connectivity index (χ0v) is 26.0. The van der Waals surface area contributed by atoms with Crippen molar-refractivity contribution in [2.45, 2.75) is 111 Å². The predicted molar refractivity (Wildman–Crippen MR) is 160 cm³/mol. The number of carbonyl (C=O) groups is 3. The van der Waals surface area contributed by atoms with Crippen molar-refractivity contribution in [1.29, 1.82) is 0 Å². The highest BCUT2D eigenvalue weighted by Gasteiger charge is 2.63. The van der Waals surface area contributed by atoms with Crippen molar-refractivity contribution in [1.82, 2.24) is 10.6 Å². The average Bonchev–Trinajstić information content (AvgIpc) is 3.20. The van der Waals surface area contributed by atoms with E-state index >= 15 is 0 Å². The fraction of sp³-hybridized carbons (Fsp3) is 0.758. The van der Waals surface area contributed by atoms with Crippen LogP contribution in [0, 0.1) is 52.8 Å². The Morgan fingerprint density at radius 3 is 2.31 bits per heavy atom. The highest BCUT2D eigenvalue weighted by molar-refractivity contribution is 5.96. The number of fused-ring (bicyclic) bond motifs is 5. The van der Waals surface area contributed by atoms with Crippen molar-refractivity contribution in [3.8, 4) is 12.3 Å². The van der Waals surface area contributed by atoms with Crippen LogP contribution < -0.4 is 10.6 Å². The standard InChI is InChI=1S/C33H49N3O6/c1-8-33(41)16-13-25-23-10-9-21-17-22(11-14-31(21,6)24(23)12-15-32(25,33)7)36-42-18-26(37)34-27(19(2)3)29(38)35-28(20(4)5)30(39)40/h1,17,19-20,23-25,27-28,41H,9-16,18H2,2-7H3,(H,34,37)(H,35,38)(H,39,40)/b36-22-/t23-,24-,25-,27-,28+,31+,32+,33-/m1/s1. The number of hydrogen-bond donors (Lipinski definition) is 4. The number of carbonyl (C=O) groups excluding carboxylic acids is 2. The van der Waals surface area contributed by atoms with Crippen LogP contribution in [0.5, 0.6) is 0 Å². The number of oxime groups is 1. The number of carboxylic acid groups (broad SMARTS) is 1. The molecule has 4 rings (SSSR count). The Bertz CT molecular complexity index is 1190. The Hall–Kier alpha value is -2.86. The molecular weight excluding hydrogens is 534 g/mol. The van der Waals surface area contributed by atoms with Gasteiger partial charge in [-0.1, -0.05) is 58.2 Å². The van der Waals surface area contributed by atoms with E-state index in [4.69, 9.17) is 11.3 Å². The summed E-state index contributed by atoms with van der Waals surface area (Å²) in [6.07, 6.45) is 15.5. The second kappa shape index (κ2) is 12.0. The maximum Gasteiger partial charge on any atom is 0.326 e. The molecule has 42 heavy (non-hydrogen) atoms. The summed E-state index contributed by atoms with van der Waals surface area (Å²) >= 11 is 0. The van der Waals surface area contributed by atoms with Crippen molar-refractivity contribution in [2.24, 2.45) is 45.6 Å². The van der Waals surface area contributed by atoms with Crippen LogP contribution in [0.25, 0.3) is 0 Å². The number of hydrogen-bond acceptors (Lipinski definition) is 6. The molecule has 0 aromatic carbocycles. The third-order valence-corrected chi connectivity index (χ3v) is 11.2. The van der Waals surface area contributed by atoms with Crippen LogP contribution in [0.1, 0.15) is 92.9 Å². The van der Waals surface area contributed by atoms with Gasteiger partial charge < -0.3 is 25.7 Å². The lowest BCUT2D eigenvalue weighted by molar-refractivity contribution is -0.143. The van der Waals surface area contributed by atoms with Gasteiger partial charge in [-0.15, -0.1) is 6.42 Å². The van der Waals surface area contributed by atoms with Crippen molar-refractivity contribution < 1.29 is 29.4 Å². The largest absolute Gasteiger partial charge is 0.480 e. The Morgan fingerprint density at radius 2 is 1.69 bits per heavy atom. The van der Waals surface area contributed by atoms with Gasteiger partial charge in [0.15, 0.2) is 6.61 Å². The molecule has 3 fully saturated rings. The monoisotopic (exact) mass is 583 g/mol. The van der Waals surface area contributed by atoms with Gasteiger partial charge in [0.05, 0.1) is 5.71 Å². The maximum absolute atomic E-state index is 12.8. The van der Waals surface area contributed by atoms with Crippen molar-refractivity contribution in [2.75, 3.05) is 6.61 Å². The molecule has 232 valence electrons. The smallest absolute Gasteiger partial charge is 0.326 e. The SMILES string of the molecule is C#C[C@@]1(O)CC[C@@H]2[C@@H]3CCC4=C/C(=N\OCC(=O)N[C@@H](C(=O)N[C@H](C(=O)O)C(C)C)C(C)C)CC[C@]4(C)[C@@H]3CC[C@@]21C. The first-order valence-electron chi connectivity index (χ1n) is 15.6. The first kappa shape index (κ1) is 32.1. The van der Waals surface area contributed by atoms with Crippen molar-refractivity contribution in [3.63, 3.8) is 0 Å². The van der Waals surface area contributed by atoms with E-state index in [0.717, 1.165) is 50.7 Å². The lowest BCUT2D eigenvalue weighted by atomic mass is 9.46. The molecule has 8 atom stereocenters. The summed E-state index contributed by atoms with van der Waals surface area (Å²) in [4.78, 5) is 42.3. The van der Waals surface area contributed by atoms with Crippen LogP contribution in [0.15, 0.2) is 16.8 Å². The lowest BCUT2D eigenvalue weighted by Gasteiger charge is -2.58. The number of aliphatic hydroxyl groups is 1. The molecule has 0 bridgehead atoms. The molecule has 0 aliphatic heterocycles. The highest BCUT2D eigenvalue weighted by Crippen LogP contribution is 2.67. The normalized spacial score (nSPS) is 36.1. The first-order valence-corrected chi connectivity index (χ1v) is 15.6. The third-order valence-electron chi connectivity index (χ3n) is 11.2. The zero-order chi connectivity index (χ0) is 31.0. The van der Waals surface area contributed by atoms with E-state index in [2.05, 4.69) is 41.6 Å². The summed E-state index contributed by atoms with van der Waals surface area (Å²) < 4.78 is 0. The number of rotatable bonds is 9. The molecule has 0 radical (unpaired) electrons. The number of amides is 2. The van der Waals surface area contributed by atoms with Gasteiger partial charge in [0.25, 0.3) is 5.91 Å². The van der Waals surface area contributed by atoms with Crippen LogP contribution in [-0.2, 0) is 19.2 Å². The van der Waals surface area contributed by atoms with Crippen molar-refractivity contribution >= 4 is 23.5 Å². The molecule has 0 spiro atoms. The number of nitrogens with zero attached hydrogens (tertiary/aromatic N) is 1. The predicted octanol–water partition coefficient (Wildman–Crippen LogP) is 4.05. The first-order chi connectivity index (χ1) is 19.7. The van der Waals surface area contributed by atoms with E-state index in [1.54, 1.807) is 27.7 Å². The van der Waals surface area contributed by atoms with Gasteiger partial charge >= 0.3 is 5.97 Å². The number of carboxylic acids is 1. The molecule has 0 aromatic rings. The summed E-state index contributed by atoms with van der Waals surface area (Å²) in [5, 5.41) is 30.1. The molecule has 0 saturated heterocycles.